The third-order valence-corrected chi connectivity index (χ3v) is 2.79. The van der Waals surface area contributed by atoms with Gasteiger partial charge in [0, 0.05) is 12.1 Å². The van der Waals surface area contributed by atoms with E-state index >= 15 is 0 Å². The Labute approximate surface area is 116 Å². The van der Waals surface area contributed by atoms with E-state index in [4.69, 9.17) is 0 Å². The van der Waals surface area contributed by atoms with Gasteiger partial charge >= 0.3 is 0 Å². The zero-order valence-electron chi connectivity index (χ0n) is 11.7. The highest BCUT2D eigenvalue weighted by molar-refractivity contribution is 5.98. The van der Waals surface area contributed by atoms with Gasteiger partial charge in [-0.15, -0.1) is 0 Å². The normalized spacial score (nSPS) is 12.2. The summed E-state index contributed by atoms with van der Waals surface area (Å²) >= 11 is 0. The minimum atomic E-state index is -0.696. The molecule has 0 fully saturated rings. The van der Waals surface area contributed by atoms with E-state index < -0.39 is 22.3 Å². The number of carbonyl (C=O) groups excluding carboxylic acids is 1. The fraction of sp³-hybridized carbons (Fsp3) is 0.462. The fourth-order valence-corrected chi connectivity index (χ4v) is 1.67. The van der Waals surface area contributed by atoms with Crippen LogP contribution in [0.1, 0.15) is 23.7 Å². The van der Waals surface area contributed by atoms with Gasteiger partial charge in [0.05, 0.1) is 4.92 Å². The lowest BCUT2D eigenvalue weighted by molar-refractivity contribution is -0.385. The van der Waals surface area contributed by atoms with Crippen molar-refractivity contribution in [1.29, 1.82) is 0 Å². The summed E-state index contributed by atoms with van der Waals surface area (Å²) in [5.41, 5.74) is -0.657. The number of hydrogen-bond donors (Lipinski definition) is 1. The Morgan fingerprint density at radius 3 is 2.70 bits per heavy atom. The maximum atomic E-state index is 13.2. The minimum absolute atomic E-state index is 0.159. The van der Waals surface area contributed by atoms with Crippen LogP contribution >= 0.6 is 0 Å². The quantitative estimate of drug-likeness (QED) is 0.638. The van der Waals surface area contributed by atoms with E-state index in [1.54, 1.807) is 6.92 Å². The van der Waals surface area contributed by atoms with Crippen molar-refractivity contribution < 1.29 is 14.1 Å². The molecule has 1 aromatic rings. The number of nitro groups is 1. The molecule has 1 unspecified atom stereocenters. The number of rotatable bonds is 6. The summed E-state index contributed by atoms with van der Waals surface area (Å²) in [6.07, 6.45) is 0.696. The number of benzene rings is 1. The second kappa shape index (κ2) is 6.95. The standard InChI is InChI=1S/C13H18FN3O3/c1-9(6-7-16(2)3)15-13(18)11-8-10(14)4-5-12(11)17(19)20/h4-5,8-9H,6-7H2,1-3H3,(H,15,18). The van der Waals surface area contributed by atoms with Gasteiger partial charge in [-0.3, -0.25) is 14.9 Å². The predicted octanol–water partition coefficient (Wildman–Crippen LogP) is 1.80. The summed E-state index contributed by atoms with van der Waals surface area (Å²) in [6.45, 7) is 2.57. The van der Waals surface area contributed by atoms with Gasteiger partial charge in [-0.25, -0.2) is 4.39 Å². The molecule has 0 saturated heterocycles. The molecule has 0 aromatic heterocycles. The van der Waals surface area contributed by atoms with Crippen molar-refractivity contribution in [1.82, 2.24) is 10.2 Å². The van der Waals surface area contributed by atoms with Crippen LogP contribution in [-0.2, 0) is 0 Å². The number of nitro benzene ring substituents is 1. The summed E-state index contributed by atoms with van der Waals surface area (Å²) in [7, 11) is 3.82. The number of nitrogens with one attached hydrogen (secondary N) is 1. The Balaban J connectivity index is 2.81. The van der Waals surface area contributed by atoms with Crippen molar-refractivity contribution in [2.24, 2.45) is 0 Å². The summed E-state index contributed by atoms with van der Waals surface area (Å²) in [5.74, 6) is -1.32. The average Bonchev–Trinajstić information content (AvgIpc) is 2.35. The van der Waals surface area contributed by atoms with Gasteiger partial charge < -0.3 is 10.2 Å². The van der Waals surface area contributed by atoms with Gasteiger partial charge in [0.25, 0.3) is 11.6 Å². The SMILES string of the molecule is CC(CCN(C)C)NC(=O)c1cc(F)ccc1[N+](=O)[O-]. The molecule has 6 nitrogen and oxygen atoms in total. The van der Waals surface area contributed by atoms with Gasteiger partial charge in [0.1, 0.15) is 11.4 Å². The van der Waals surface area contributed by atoms with Crippen molar-refractivity contribution in [3.8, 4) is 0 Å². The number of amides is 1. The maximum absolute atomic E-state index is 13.2. The first kappa shape index (κ1) is 16.0. The molecule has 0 spiro atoms. The van der Waals surface area contributed by atoms with Crippen molar-refractivity contribution in [2.45, 2.75) is 19.4 Å². The van der Waals surface area contributed by atoms with Crippen molar-refractivity contribution in [3.05, 3.63) is 39.7 Å². The van der Waals surface area contributed by atoms with Gasteiger partial charge in [-0.1, -0.05) is 0 Å². The first-order valence-electron chi connectivity index (χ1n) is 6.20. The molecular formula is C13H18FN3O3. The highest BCUT2D eigenvalue weighted by Gasteiger charge is 2.21. The van der Waals surface area contributed by atoms with Gasteiger partial charge in [-0.2, -0.15) is 0 Å². The second-order valence-corrected chi connectivity index (χ2v) is 4.89. The molecule has 0 saturated carbocycles. The molecule has 0 heterocycles. The van der Waals surface area contributed by atoms with Crippen LogP contribution in [0.25, 0.3) is 0 Å². The van der Waals surface area contributed by atoms with Crippen LogP contribution in [0.15, 0.2) is 18.2 Å². The second-order valence-electron chi connectivity index (χ2n) is 4.89. The molecule has 1 aromatic carbocycles. The fourth-order valence-electron chi connectivity index (χ4n) is 1.67. The Bertz CT molecular complexity index is 506. The van der Waals surface area contributed by atoms with Gasteiger partial charge in [0.2, 0.25) is 0 Å². The summed E-state index contributed by atoms with van der Waals surface area (Å²) in [5, 5.41) is 13.5. The molecule has 20 heavy (non-hydrogen) atoms. The summed E-state index contributed by atoms with van der Waals surface area (Å²) in [4.78, 5) is 24.1. The molecular weight excluding hydrogens is 265 g/mol. The molecule has 0 radical (unpaired) electrons. The van der Waals surface area contributed by atoms with E-state index in [2.05, 4.69) is 5.32 Å². The monoisotopic (exact) mass is 283 g/mol. The Morgan fingerprint density at radius 1 is 1.50 bits per heavy atom. The summed E-state index contributed by atoms with van der Waals surface area (Å²) < 4.78 is 13.2. The first-order chi connectivity index (χ1) is 9.31. The van der Waals surface area contributed by atoms with Crippen LogP contribution in [0.3, 0.4) is 0 Å². The Hall–Kier alpha value is -2.02. The molecule has 0 aliphatic rings. The van der Waals surface area contributed by atoms with E-state index in [9.17, 15) is 19.3 Å². The lowest BCUT2D eigenvalue weighted by Crippen LogP contribution is -2.35. The van der Waals surface area contributed by atoms with Crippen LogP contribution in [0.5, 0.6) is 0 Å². The van der Waals surface area contributed by atoms with Crippen LogP contribution in [0.4, 0.5) is 10.1 Å². The van der Waals surface area contributed by atoms with Crippen LogP contribution in [-0.4, -0.2) is 42.4 Å². The highest BCUT2D eigenvalue weighted by atomic mass is 19.1. The zero-order chi connectivity index (χ0) is 15.3. The molecule has 1 atom stereocenters. The van der Waals surface area contributed by atoms with E-state index in [0.29, 0.717) is 6.42 Å². The predicted molar refractivity (Wildman–Crippen MR) is 73.2 cm³/mol. The molecule has 0 aliphatic heterocycles. The van der Waals surface area contributed by atoms with Crippen molar-refractivity contribution >= 4 is 11.6 Å². The topological polar surface area (TPSA) is 75.5 Å². The Morgan fingerprint density at radius 2 is 2.15 bits per heavy atom. The highest BCUT2D eigenvalue weighted by Crippen LogP contribution is 2.19. The third-order valence-electron chi connectivity index (χ3n) is 2.79. The van der Waals surface area contributed by atoms with E-state index in [1.807, 2.05) is 19.0 Å². The average molecular weight is 283 g/mol. The minimum Gasteiger partial charge on any atom is -0.349 e. The number of nitrogens with zero attached hydrogens (tertiary/aromatic N) is 2. The van der Waals surface area contributed by atoms with Crippen molar-refractivity contribution in [2.75, 3.05) is 20.6 Å². The van der Waals surface area contributed by atoms with Gasteiger partial charge in [0.15, 0.2) is 0 Å². The van der Waals surface area contributed by atoms with E-state index in [0.717, 1.165) is 24.7 Å². The molecule has 110 valence electrons. The lowest BCUT2D eigenvalue weighted by atomic mass is 10.1. The third kappa shape index (κ3) is 4.58. The molecule has 1 rings (SSSR count). The Kier molecular flexibility index (Phi) is 5.57. The molecule has 1 N–H and O–H groups in total. The van der Waals surface area contributed by atoms with Crippen LogP contribution in [0.2, 0.25) is 0 Å². The zero-order valence-corrected chi connectivity index (χ0v) is 11.7. The molecule has 0 bridgehead atoms. The number of hydrogen-bond acceptors (Lipinski definition) is 4. The van der Waals surface area contributed by atoms with Crippen molar-refractivity contribution in [3.63, 3.8) is 0 Å². The van der Waals surface area contributed by atoms with E-state index in [-0.39, 0.29) is 11.6 Å². The first-order valence-corrected chi connectivity index (χ1v) is 6.20. The molecule has 7 heteroatoms. The van der Waals surface area contributed by atoms with Crippen LogP contribution in [0, 0.1) is 15.9 Å². The number of carbonyl (C=O) groups is 1. The lowest BCUT2D eigenvalue weighted by Gasteiger charge is -2.16. The summed E-state index contributed by atoms with van der Waals surface area (Å²) in [6, 6.07) is 2.68. The molecule has 1 amide bonds. The number of halogens is 1. The largest absolute Gasteiger partial charge is 0.349 e. The molecule has 0 aliphatic carbocycles. The van der Waals surface area contributed by atoms with Crippen LogP contribution < -0.4 is 5.32 Å². The maximum Gasteiger partial charge on any atom is 0.282 e. The van der Waals surface area contributed by atoms with E-state index in [1.165, 1.54) is 0 Å². The smallest absolute Gasteiger partial charge is 0.282 e. The van der Waals surface area contributed by atoms with Gasteiger partial charge in [-0.05, 0) is 46.1 Å².